The van der Waals surface area contributed by atoms with Crippen LogP contribution in [-0.2, 0) is 4.74 Å². The van der Waals surface area contributed by atoms with E-state index in [-0.39, 0.29) is 0 Å². The summed E-state index contributed by atoms with van der Waals surface area (Å²) < 4.78 is 8.09. The molecule has 164 valence electrons. The fourth-order valence-electron chi connectivity index (χ4n) is 4.88. The summed E-state index contributed by atoms with van der Waals surface area (Å²) in [5.41, 5.74) is 8.13. The lowest BCUT2D eigenvalue weighted by Crippen LogP contribution is -2.44. The van der Waals surface area contributed by atoms with Crippen LogP contribution in [0.2, 0.25) is 5.02 Å². The Labute approximate surface area is 191 Å². The second-order valence-electron chi connectivity index (χ2n) is 8.74. The second-order valence-corrected chi connectivity index (χ2v) is 10.1. The third-order valence-electron chi connectivity index (χ3n) is 7.12. The van der Waals surface area contributed by atoms with Gasteiger partial charge < -0.3 is 15.4 Å². The van der Waals surface area contributed by atoms with Gasteiger partial charge in [-0.25, -0.2) is 15.0 Å². The van der Waals surface area contributed by atoms with Gasteiger partial charge >= 0.3 is 0 Å². The van der Waals surface area contributed by atoms with Gasteiger partial charge in [0, 0.05) is 29.6 Å². The second kappa shape index (κ2) is 7.83. The van der Waals surface area contributed by atoms with Crippen molar-refractivity contribution in [1.82, 2.24) is 19.4 Å². The first kappa shape index (κ1) is 20.8. The van der Waals surface area contributed by atoms with Crippen molar-refractivity contribution < 1.29 is 4.74 Å². The number of imidazole rings is 1. The number of aryl methyl sites for hydroxylation is 1. The molecule has 2 atom stereocenters. The molecule has 0 unspecified atom stereocenters. The molecule has 1 spiro atoms. The Bertz CT molecular complexity index is 1130. The van der Waals surface area contributed by atoms with Gasteiger partial charge in [0.1, 0.15) is 22.7 Å². The highest BCUT2D eigenvalue weighted by Crippen LogP contribution is 2.47. The van der Waals surface area contributed by atoms with Gasteiger partial charge in [-0.3, -0.25) is 4.40 Å². The van der Waals surface area contributed by atoms with E-state index in [1.165, 1.54) is 11.8 Å². The molecule has 7 nitrogen and oxygen atoms in total. The molecule has 31 heavy (non-hydrogen) atoms. The molecule has 0 saturated carbocycles. The van der Waals surface area contributed by atoms with Crippen molar-refractivity contribution in [2.75, 3.05) is 30.3 Å². The summed E-state index contributed by atoms with van der Waals surface area (Å²) in [6, 6.07) is 1.87. The smallest absolute Gasteiger partial charge is 0.154 e. The van der Waals surface area contributed by atoms with Crippen molar-refractivity contribution in [1.29, 1.82) is 0 Å². The maximum Gasteiger partial charge on any atom is 0.154 e. The molecule has 0 radical (unpaired) electrons. The lowest BCUT2D eigenvalue weighted by Gasteiger charge is -2.42. The summed E-state index contributed by atoms with van der Waals surface area (Å²) in [5, 5.41) is 1.44. The molecular formula is C22H27ClN6OS. The van der Waals surface area contributed by atoms with Gasteiger partial charge in [0.25, 0.3) is 0 Å². The van der Waals surface area contributed by atoms with Crippen molar-refractivity contribution >= 4 is 40.5 Å². The molecule has 0 amide bonds. The minimum Gasteiger partial charge on any atom is -0.382 e. The maximum absolute atomic E-state index is 6.38. The van der Waals surface area contributed by atoms with Crippen LogP contribution in [0.25, 0.3) is 5.52 Å². The summed E-state index contributed by atoms with van der Waals surface area (Å²) >= 11 is 7.92. The van der Waals surface area contributed by atoms with Crippen LogP contribution in [0.4, 0.5) is 11.6 Å². The molecule has 9 heteroatoms. The Kier molecular flexibility index (Phi) is 5.27. The van der Waals surface area contributed by atoms with E-state index in [0.29, 0.717) is 28.3 Å². The maximum atomic E-state index is 6.38. The van der Waals surface area contributed by atoms with Gasteiger partial charge in [0.15, 0.2) is 5.82 Å². The number of hydrogen-bond donors (Lipinski definition) is 1. The summed E-state index contributed by atoms with van der Waals surface area (Å²) in [6.07, 6.45) is 8.00. The number of pyridine rings is 1. The van der Waals surface area contributed by atoms with Crippen LogP contribution in [-0.4, -0.2) is 45.2 Å². The van der Waals surface area contributed by atoms with E-state index in [1.54, 1.807) is 6.20 Å². The number of nitrogens with zero attached hydrogens (tertiary/aromatic N) is 5. The third-order valence-corrected chi connectivity index (χ3v) is 8.87. The fraction of sp³-hybridized carbons (Fsp3) is 0.500. The zero-order valence-corrected chi connectivity index (χ0v) is 19.6. The van der Waals surface area contributed by atoms with Crippen molar-refractivity contribution in [3.8, 4) is 0 Å². The first-order chi connectivity index (χ1) is 14.9. The molecule has 0 aliphatic carbocycles. The summed E-state index contributed by atoms with van der Waals surface area (Å²) in [7, 11) is 0. The van der Waals surface area contributed by atoms with Gasteiger partial charge in [-0.2, -0.15) is 0 Å². The number of ether oxygens (including phenoxy) is 1. The van der Waals surface area contributed by atoms with E-state index in [4.69, 9.17) is 27.1 Å². The number of nitrogens with two attached hydrogens (primary N) is 1. The molecule has 2 aliphatic heterocycles. The topological polar surface area (TPSA) is 81.6 Å². The van der Waals surface area contributed by atoms with Crippen molar-refractivity contribution in [3.05, 3.63) is 35.5 Å². The number of aromatic nitrogens is 4. The van der Waals surface area contributed by atoms with Crippen molar-refractivity contribution in [2.45, 2.75) is 49.6 Å². The van der Waals surface area contributed by atoms with E-state index in [0.717, 1.165) is 59.5 Å². The van der Waals surface area contributed by atoms with Crippen molar-refractivity contribution in [3.63, 3.8) is 0 Å². The molecule has 2 aliphatic rings. The largest absolute Gasteiger partial charge is 0.382 e. The Balaban J connectivity index is 1.45. The molecule has 0 aromatic carbocycles. The fourth-order valence-corrected chi connectivity index (χ4v) is 6.07. The average molecular weight is 459 g/mol. The first-order valence-corrected chi connectivity index (χ1v) is 11.9. The van der Waals surface area contributed by atoms with Gasteiger partial charge in [-0.15, -0.1) is 0 Å². The lowest BCUT2D eigenvalue weighted by atomic mass is 9.70. The van der Waals surface area contributed by atoms with Crippen LogP contribution < -0.4 is 10.6 Å². The van der Waals surface area contributed by atoms with Crippen LogP contribution >= 0.6 is 23.4 Å². The number of hydrogen-bond acceptors (Lipinski definition) is 7. The van der Waals surface area contributed by atoms with Gasteiger partial charge in [-0.05, 0) is 38.7 Å². The van der Waals surface area contributed by atoms with E-state index in [2.05, 4.69) is 33.1 Å². The molecular weight excluding hydrogens is 432 g/mol. The van der Waals surface area contributed by atoms with E-state index in [1.807, 2.05) is 25.5 Å². The van der Waals surface area contributed by atoms with Crippen LogP contribution in [0, 0.1) is 18.3 Å². The SMILES string of the molecule is Cc1nc(N2CCC3(CC2)CO[C@@H](C)[C@H]3C)c2cncn2c1Sc1ccnc(N)c1Cl. The molecule has 3 aromatic heterocycles. The Morgan fingerprint density at radius 3 is 2.77 bits per heavy atom. The predicted molar refractivity (Wildman–Crippen MR) is 124 cm³/mol. The van der Waals surface area contributed by atoms with Crippen LogP contribution in [0.15, 0.2) is 34.7 Å². The Hall–Kier alpha value is -2.03. The summed E-state index contributed by atoms with van der Waals surface area (Å²) in [6.45, 7) is 9.41. The number of rotatable bonds is 3. The minimum absolute atomic E-state index is 0.301. The van der Waals surface area contributed by atoms with Gasteiger partial charge in [-0.1, -0.05) is 30.3 Å². The number of halogens is 1. The molecule has 5 heterocycles. The number of anilines is 2. The Morgan fingerprint density at radius 1 is 1.29 bits per heavy atom. The molecule has 2 saturated heterocycles. The monoisotopic (exact) mass is 458 g/mol. The average Bonchev–Trinajstić information content (AvgIpc) is 3.35. The van der Waals surface area contributed by atoms with Crippen molar-refractivity contribution in [2.24, 2.45) is 11.3 Å². The Morgan fingerprint density at radius 2 is 2.06 bits per heavy atom. The van der Waals surface area contributed by atoms with E-state index in [9.17, 15) is 0 Å². The highest BCUT2D eigenvalue weighted by molar-refractivity contribution is 7.99. The van der Waals surface area contributed by atoms with Crippen LogP contribution in [0.5, 0.6) is 0 Å². The summed E-state index contributed by atoms with van der Waals surface area (Å²) in [5.74, 6) is 1.92. The van der Waals surface area contributed by atoms with Gasteiger partial charge in [0.05, 0.1) is 29.6 Å². The number of fused-ring (bicyclic) bond motifs is 1. The molecule has 0 bridgehead atoms. The van der Waals surface area contributed by atoms with E-state index < -0.39 is 0 Å². The quantitative estimate of drug-likeness (QED) is 0.620. The third kappa shape index (κ3) is 3.45. The number of piperidine rings is 1. The zero-order valence-electron chi connectivity index (χ0n) is 18.0. The lowest BCUT2D eigenvalue weighted by molar-refractivity contribution is 0.0969. The first-order valence-electron chi connectivity index (χ1n) is 10.7. The van der Waals surface area contributed by atoms with Crippen LogP contribution in [0.3, 0.4) is 0 Å². The zero-order chi connectivity index (χ0) is 21.8. The van der Waals surface area contributed by atoms with Gasteiger partial charge in [0.2, 0.25) is 0 Å². The van der Waals surface area contributed by atoms with E-state index >= 15 is 0 Å². The molecule has 5 rings (SSSR count). The minimum atomic E-state index is 0.301. The number of nitrogen functional groups attached to an aromatic ring is 1. The molecule has 2 fully saturated rings. The standard InChI is InChI=1S/C22H27ClN6OS/c1-13-15(3)30-11-22(13)5-8-28(9-6-22)20-16-10-25-12-29(16)21(14(2)27-20)31-17-4-7-26-19(24)18(17)23/h4,7,10,12-13,15H,5-6,8-9,11H2,1-3H3,(H2,24,26)/t13-,15+/m1/s1. The predicted octanol–water partition coefficient (Wildman–Crippen LogP) is 4.46. The highest BCUT2D eigenvalue weighted by Gasteiger charge is 2.47. The molecule has 2 N–H and O–H groups in total. The normalized spacial score (nSPS) is 23.2. The highest BCUT2D eigenvalue weighted by atomic mass is 35.5. The van der Waals surface area contributed by atoms with Crippen LogP contribution in [0.1, 0.15) is 32.4 Å². The molecule has 3 aromatic rings. The summed E-state index contributed by atoms with van der Waals surface area (Å²) in [4.78, 5) is 16.7.